The molecule has 2 nitrogen and oxygen atoms in total. The van der Waals surface area contributed by atoms with Gasteiger partial charge in [-0.2, -0.15) is 0 Å². The van der Waals surface area contributed by atoms with E-state index in [4.69, 9.17) is 0 Å². The van der Waals surface area contributed by atoms with Gasteiger partial charge in [-0.15, -0.1) is 0 Å². The molecule has 0 aliphatic heterocycles. The van der Waals surface area contributed by atoms with E-state index in [0.29, 0.717) is 6.42 Å². The van der Waals surface area contributed by atoms with E-state index in [1.165, 1.54) is 39.2 Å². The average Bonchev–Trinajstić information content (AvgIpc) is 2.65. The van der Waals surface area contributed by atoms with Crippen molar-refractivity contribution >= 4 is 11.5 Å². The molecule has 28 heavy (non-hydrogen) atoms. The molecule has 0 amide bonds. The Morgan fingerprint density at radius 1 is 1.07 bits per heavy atom. The maximum atomic E-state index is 11.9. The Bertz CT molecular complexity index is 905. The van der Waals surface area contributed by atoms with Gasteiger partial charge in [-0.3, -0.25) is 4.79 Å². The average molecular weight is 376 g/mol. The first-order valence-corrected chi connectivity index (χ1v) is 9.94. The number of Topliss-reactive ketones (excluding diaryl/α,β-unsaturated/α-hetero) is 1. The maximum absolute atomic E-state index is 11.9. The monoisotopic (exact) mass is 375 g/mol. The lowest BCUT2D eigenvalue weighted by Crippen LogP contribution is -2.21. The first kappa shape index (κ1) is 21.7. The van der Waals surface area contributed by atoms with Crippen LogP contribution in [0.25, 0.3) is 0 Å². The molecule has 0 saturated carbocycles. The number of benzene rings is 2. The van der Waals surface area contributed by atoms with Gasteiger partial charge in [0, 0.05) is 24.9 Å². The Hall–Kier alpha value is -2.61. The molecule has 148 valence electrons. The number of hydrogen-bond donors (Lipinski definition) is 0. The van der Waals surface area contributed by atoms with E-state index in [-0.39, 0.29) is 5.78 Å². The highest BCUT2D eigenvalue weighted by molar-refractivity contribution is 5.79. The molecule has 0 heterocycles. The fourth-order valence-electron chi connectivity index (χ4n) is 3.67. The van der Waals surface area contributed by atoms with Gasteiger partial charge in [0.2, 0.25) is 0 Å². The summed E-state index contributed by atoms with van der Waals surface area (Å²) in [5.41, 5.74) is 9.84. The van der Waals surface area contributed by atoms with Crippen molar-refractivity contribution in [2.45, 2.75) is 53.9 Å². The molecule has 0 fully saturated rings. The Labute approximate surface area is 170 Å². The zero-order valence-electron chi connectivity index (χ0n) is 18.2. The molecule has 0 radical (unpaired) electrons. The second-order valence-electron chi connectivity index (χ2n) is 7.76. The number of aryl methyl sites for hydroxylation is 4. The van der Waals surface area contributed by atoms with Gasteiger partial charge < -0.3 is 4.90 Å². The third-order valence-corrected chi connectivity index (χ3v) is 5.54. The number of nitrogens with zero attached hydrogens (tertiary/aromatic N) is 1. The number of carbonyl (C=O) groups is 1. The maximum Gasteiger partial charge on any atom is 0.134 e. The summed E-state index contributed by atoms with van der Waals surface area (Å²) in [6.07, 6.45) is 4.07. The molecule has 0 aromatic heterocycles. The van der Waals surface area contributed by atoms with Crippen molar-refractivity contribution in [2.24, 2.45) is 0 Å². The molecule has 0 N–H and O–H groups in total. The quantitative estimate of drug-likeness (QED) is 0.497. The topological polar surface area (TPSA) is 20.3 Å². The minimum atomic E-state index is 0.161. The van der Waals surface area contributed by atoms with Gasteiger partial charge in [-0.1, -0.05) is 43.0 Å². The predicted molar refractivity (Wildman–Crippen MR) is 121 cm³/mol. The molecular formula is C26H33NO. The number of ketones is 1. The largest absolute Gasteiger partial charge is 0.348 e. The van der Waals surface area contributed by atoms with E-state index in [9.17, 15) is 4.79 Å². The summed E-state index contributed by atoms with van der Waals surface area (Å²) in [6.45, 7) is 14.2. The van der Waals surface area contributed by atoms with Gasteiger partial charge in [0.05, 0.1) is 0 Å². The third kappa shape index (κ3) is 5.22. The second kappa shape index (κ2) is 9.54. The normalized spacial score (nSPS) is 11.8. The van der Waals surface area contributed by atoms with Crippen LogP contribution in [0.1, 0.15) is 47.6 Å². The van der Waals surface area contributed by atoms with E-state index < -0.39 is 0 Å². The smallest absolute Gasteiger partial charge is 0.134 e. The van der Waals surface area contributed by atoms with Crippen LogP contribution >= 0.6 is 0 Å². The lowest BCUT2D eigenvalue weighted by atomic mass is 9.96. The summed E-state index contributed by atoms with van der Waals surface area (Å²) < 4.78 is 0. The predicted octanol–water partition coefficient (Wildman–Crippen LogP) is 6.41. The summed E-state index contributed by atoms with van der Waals surface area (Å²) >= 11 is 0. The van der Waals surface area contributed by atoms with Gasteiger partial charge in [0.15, 0.2) is 0 Å². The van der Waals surface area contributed by atoms with E-state index in [2.05, 4.69) is 82.6 Å². The molecule has 0 spiro atoms. The Morgan fingerprint density at radius 2 is 1.79 bits per heavy atom. The van der Waals surface area contributed by atoms with Crippen LogP contribution in [0.5, 0.6) is 0 Å². The van der Waals surface area contributed by atoms with E-state index in [1.54, 1.807) is 6.92 Å². The molecule has 2 heteroatoms. The molecule has 0 saturated heterocycles. The van der Waals surface area contributed by atoms with Crippen molar-refractivity contribution in [1.82, 2.24) is 0 Å². The zero-order chi connectivity index (χ0) is 20.8. The lowest BCUT2D eigenvalue weighted by Gasteiger charge is -2.28. The molecule has 2 aromatic carbocycles. The molecule has 0 unspecified atom stereocenters. The van der Waals surface area contributed by atoms with Crippen molar-refractivity contribution in [3.8, 4) is 0 Å². The highest BCUT2D eigenvalue weighted by atomic mass is 16.1. The summed E-state index contributed by atoms with van der Waals surface area (Å²) in [6, 6.07) is 13.0. The summed E-state index contributed by atoms with van der Waals surface area (Å²) in [5.74, 6) is 0.161. The highest BCUT2D eigenvalue weighted by Gasteiger charge is 2.16. The van der Waals surface area contributed by atoms with Crippen LogP contribution in [0.4, 0.5) is 5.69 Å². The molecule has 2 rings (SSSR count). The molecule has 2 aromatic rings. The van der Waals surface area contributed by atoms with Crippen LogP contribution < -0.4 is 4.90 Å². The van der Waals surface area contributed by atoms with Crippen LogP contribution in [0.2, 0.25) is 0 Å². The molecule has 0 aliphatic rings. The van der Waals surface area contributed by atoms with E-state index in [1.807, 2.05) is 6.08 Å². The molecule has 0 bridgehead atoms. The number of rotatable bonds is 8. The summed E-state index contributed by atoms with van der Waals surface area (Å²) in [4.78, 5) is 14.1. The minimum Gasteiger partial charge on any atom is -0.348 e. The van der Waals surface area contributed by atoms with Crippen molar-refractivity contribution in [3.05, 3.63) is 88.1 Å². The van der Waals surface area contributed by atoms with Gasteiger partial charge in [0.1, 0.15) is 5.78 Å². The Morgan fingerprint density at radius 3 is 2.43 bits per heavy atom. The highest BCUT2D eigenvalue weighted by Crippen LogP contribution is 2.29. The minimum absolute atomic E-state index is 0.161. The Balaban J connectivity index is 2.46. The fraction of sp³-hybridized carbons (Fsp3) is 0.346. The standard InChI is InChI=1S/C26H33NO/c1-8-23(17-21(5)28)25(15-14-24-11-9-10-19(3)22(24)6)27(7)26-16-18(2)12-13-20(26)4/h8-13,16H,1,14-15,17H2,2-7H3/b25-23+. The van der Waals surface area contributed by atoms with Gasteiger partial charge in [-0.25, -0.2) is 0 Å². The lowest BCUT2D eigenvalue weighted by molar-refractivity contribution is -0.116. The first-order valence-electron chi connectivity index (χ1n) is 9.94. The number of hydrogen-bond acceptors (Lipinski definition) is 2. The zero-order valence-corrected chi connectivity index (χ0v) is 18.2. The van der Waals surface area contributed by atoms with Crippen molar-refractivity contribution in [2.75, 3.05) is 11.9 Å². The van der Waals surface area contributed by atoms with Gasteiger partial charge in [-0.05, 0) is 86.9 Å². The molecule has 0 aliphatic carbocycles. The van der Waals surface area contributed by atoms with Crippen molar-refractivity contribution in [1.29, 1.82) is 0 Å². The number of carbonyl (C=O) groups excluding carboxylic acids is 1. The first-order chi connectivity index (χ1) is 13.2. The second-order valence-corrected chi connectivity index (χ2v) is 7.76. The third-order valence-electron chi connectivity index (χ3n) is 5.54. The summed E-state index contributed by atoms with van der Waals surface area (Å²) in [7, 11) is 2.10. The number of anilines is 1. The van der Waals surface area contributed by atoms with Crippen LogP contribution in [0, 0.1) is 27.7 Å². The van der Waals surface area contributed by atoms with Crippen molar-refractivity contribution in [3.63, 3.8) is 0 Å². The van der Waals surface area contributed by atoms with Crippen molar-refractivity contribution < 1.29 is 4.79 Å². The van der Waals surface area contributed by atoms with Gasteiger partial charge in [0.25, 0.3) is 0 Å². The van der Waals surface area contributed by atoms with E-state index in [0.717, 1.165) is 18.4 Å². The van der Waals surface area contributed by atoms with Crippen LogP contribution in [-0.4, -0.2) is 12.8 Å². The van der Waals surface area contributed by atoms with Crippen LogP contribution in [0.15, 0.2) is 60.3 Å². The fourth-order valence-corrected chi connectivity index (χ4v) is 3.67. The molecule has 0 atom stereocenters. The van der Waals surface area contributed by atoms with E-state index >= 15 is 0 Å². The van der Waals surface area contributed by atoms with Crippen LogP contribution in [0.3, 0.4) is 0 Å². The summed E-state index contributed by atoms with van der Waals surface area (Å²) in [5, 5.41) is 0. The van der Waals surface area contributed by atoms with Crippen LogP contribution in [-0.2, 0) is 11.2 Å². The Kier molecular flexibility index (Phi) is 7.39. The number of allylic oxidation sites excluding steroid dienone is 3. The van der Waals surface area contributed by atoms with Gasteiger partial charge >= 0.3 is 0 Å². The molecular weight excluding hydrogens is 342 g/mol. The SMILES string of the molecule is C=C/C(CC(C)=O)=C(/CCc1cccc(C)c1C)N(C)c1cc(C)ccc1C.